The van der Waals surface area contributed by atoms with Crippen molar-refractivity contribution < 1.29 is 28.8 Å². The predicted molar refractivity (Wildman–Crippen MR) is 169 cm³/mol. The number of oxime groups is 1. The van der Waals surface area contributed by atoms with Crippen molar-refractivity contribution in [3.05, 3.63) is 34.9 Å². The molecule has 2 aliphatic heterocycles. The van der Waals surface area contributed by atoms with Gasteiger partial charge in [0, 0.05) is 29.8 Å². The van der Waals surface area contributed by atoms with E-state index >= 15 is 0 Å². The number of carbonyl (C=O) groups is 5. The first-order chi connectivity index (χ1) is 21.7. The van der Waals surface area contributed by atoms with Gasteiger partial charge < -0.3 is 20.4 Å². The molecule has 4 atom stereocenters. The maximum atomic E-state index is 14.4. The van der Waals surface area contributed by atoms with Crippen LogP contribution in [0.5, 0.6) is 0 Å². The Morgan fingerprint density at radius 2 is 1.89 bits per heavy atom. The summed E-state index contributed by atoms with van der Waals surface area (Å²) in [4.78, 5) is 74.9. The number of nitrogens with zero attached hydrogens (tertiary/aromatic N) is 3. The molecule has 0 unspecified atom stereocenters. The Balaban J connectivity index is 1.41. The number of amides is 3. The smallest absolute Gasteiger partial charge is 0.246 e. The van der Waals surface area contributed by atoms with Gasteiger partial charge in [-0.15, -0.1) is 0 Å². The van der Waals surface area contributed by atoms with Crippen molar-refractivity contribution in [3.8, 4) is 6.07 Å². The average molecular weight is 652 g/mol. The van der Waals surface area contributed by atoms with E-state index in [1.54, 1.807) is 39.0 Å². The molecule has 1 aromatic carbocycles. The monoisotopic (exact) mass is 651 g/mol. The molecule has 12 heteroatoms. The van der Waals surface area contributed by atoms with Crippen molar-refractivity contribution in [2.75, 3.05) is 6.54 Å². The molecule has 1 aromatic rings. The van der Waals surface area contributed by atoms with Crippen molar-refractivity contribution in [2.45, 2.75) is 109 Å². The molecule has 2 aliphatic carbocycles. The van der Waals surface area contributed by atoms with Crippen molar-refractivity contribution in [1.29, 1.82) is 5.26 Å². The third-order valence-electron chi connectivity index (χ3n) is 9.43. The highest BCUT2D eigenvalue weighted by Crippen LogP contribution is 2.46. The van der Waals surface area contributed by atoms with E-state index in [9.17, 15) is 29.2 Å². The molecule has 46 heavy (non-hydrogen) atoms. The zero-order valence-electron chi connectivity index (χ0n) is 26.9. The molecular formula is C34H42ClN5O6. The lowest BCUT2D eigenvalue weighted by Gasteiger charge is -2.36. The van der Waals surface area contributed by atoms with E-state index in [1.807, 2.05) is 13.0 Å². The van der Waals surface area contributed by atoms with Crippen LogP contribution in [0.2, 0.25) is 5.02 Å². The van der Waals surface area contributed by atoms with E-state index < -0.39 is 63.8 Å². The van der Waals surface area contributed by atoms with Crippen LogP contribution in [0.1, 0.15) is 91.0 Å². The number of Topliss-reactive ketones (excluding diaryl/α,β-unsaturated/α-hetero) is 2. The van der Waals surface area contributed by atoms with Crippen LogP contribution in [0.4, 0.5) is 0 Å². The number of benzene rings is 1. The minimum absolute atomic E-state index is 0.00364. The van der Waals surface area contributed by atoms with Gasteiger partial charge in [0.1, 0.15) is 17.5 Å². The Bertz CT molecular complexity index is 1500. The minimum atomic E-state index is -1.15. The van der Waals surface area contributed by atoms with Gasteiger partial charge in [-0.25, -0.2) is 0 Å². The fraction of sp³-hybridized carbons (Fsp3) is 0.618. The summed E-state index contributed by atoms with van der Waals surface area (Å²) < 4.78 is 0. The van der Waals surface area contributed by atoms with Gasteiger partial charge in [-0.05, 0) is 55.6 Å². The fourth-order valence-electron chi connectivity index (χ4n) is 6.25. The number of likely N-dealkylation sites (tertiary alicyclic amines) is 1. The minimum Gasteiger partial charge on any atom is -0.387 e. The molecule has 246 valence electrons. The normalized spacial score (nSPS) is 24.3. The average Bonchev–Trinajstić information content (AvgIpc) is 3.93. The molecule has 0 bridgehead atoms. The summed E-state index contributed by atoms with van der Waals surface area (Å²) in [5.41, 5.74) is -1.60. The summed E-state index contributed by atoms with van der Waals surface area (Å²) in [5, 5.41) is 20.1. The first kappa shape index (κ1) is 33.6. The molecule has 4 aliphatic rings. The Morgan fingerprint density at radius 1 is 1.17 bits per heavy atom. The van der Waals surface area contributed by atoms with Crippen LogP contribution in [-0.2, 0) is 28.8 Å². The van der Waals surface area contributed by atoms with Crippen LogP contribution >= 0.6 is 11.6 Å². The van der Waals surface area contributed by atoms with Crippen LogP contribution in [0.25, 0.3) is 0 Å². The topological polar surface area (TPSA) is 158 Å². The van der Waals surface area contributed by atoms with Gasteiger partial charge in [-0.2, -0.15) is 5.26 Å². The lowest BCUT2D eigenvalue weighted by atomic mass is 9.85. The van der Waals surface area contributed by atoms with E-state index in [0.29, 0.717) is 36.4 Å². The van der Waals surface area contributed by atoms with E-state index in [-0.39, 0.29) is 31.7 Å². The number of carbonyl (C=O) groups excluding carboxylic acids is 5. The number of hydrogen-bond acceptors (Lipinski definition) is 8. The van der Waals surface area contributed by atoms with E-state index in [0.717, 1.165) is 18.4 Å². The molecule has 1 saturated heterocycles. The van der Waals surface area contributed by atoms with Crippen LogP contribution in [0, 0.1) is 28.1 Å². The first-order valence-electron chi connectivity index (χ1n) is 16.1. The van der Waals surface area contributed by atoms with Gasteiger partial charge in [0.25, 0.3) is 0 Å². The van der Waals surface area contributed by atoms with E-state index in [4.69, 9.17) is 16.4 Å². The molecule has 3 fully saturated rings. The second-order valence-electron chi connectivity index (χ2n) is 14.4. The number of ketones is 2. The molecule has 5 rings (SSSR count). The third kappa shape index (κ3) is 7.12. The Morgan fingerprint density at radius 3 is 2.48 bits per heavy atom. The summed E-state index contributed by atoms with van der Waals surface area (Å²) in [6.45, 7) is 7.27. The number of rotatable bonds is 12. The van der Waals surface area contributed by atoms with Crippen molar-refractivity contribution in [3.63, 3.8) is 0 Å². The maximum absolute atomic E-state index is 14.4. The maximum Gasteiger partial charge on any atom is 0.246 e. The number of hydrogen-bond donors (Lipinski definition) is 2. The summed E-state index contributed by atoms with van der Waals surface area (Å²) >= 11 is 6.22. The lowest BCUT2D eigenvalue weighted by Crippen LogP contribution is -2.59. The highest BCUT2D eigenvalue weighted by Gasteiger charge is 2.57. The van der Waals surface area contributed by atoms with Crippen LogP contribution in [-0.4, -0.2) is 70.2 Å². The standard InChI is InChI=1S/C34H42ClN5O6/c1-5-7-23(27(42)26(41)14-20-10-11-20)37-29(43)25-17-34(16-24(39-46-34)21-8-6-9-22(35)15-21)19-40(25)30(44)28(32(2,3)4)38-31(45)33(18-36)12-13-33/h6,8-9,15,20,23,25,28H,5,7,10-14,16-17,19H2,1-4H3,(H,37,43)(H,38,45)/t23-,25-,28+,34+/m0/s1. The highest BCUT2D eigenvalue weighted by molar-refractivity contribution is 6.39. The van der Waals surface area contributed by atoms with Gasteiger partial charge in [-0.3, -0.25) is 24.0 Å². The molecule has 3 amide bonds. The Labute approximate surface area is 274 Å². The molecular weight excluding hydrogens is 610 g/mol. The SMILES string of the molecule is CCC[C@H](NC(=O)[C@@H]1C[C@]2(CC(c3cccc(Cl)c3)=NO2)CN1C(=O)[C@@H](NC(=O)C1(C#N)CC1)C(C)(C)C)C(=O)C(=O)CC1CC1. The van der Waals surface area contributed by atoms with Gasteiger partial charge in [0.2, 0.25) is 29.3 Å². The van der Waals surface area contributed by atoms with Crippen molar-refractivity contribution >= 4 is 46.6 Å². The summed E-state index contributed by atoms with van der Waals surface area (Å²) in [6.07, 6.45) is 4.07. The molecule has 2 heterocycles. The number of nitrogens with one attached hydrogen (secondary N) is 2. The number of nitriles is 1. The quantitative estimate of drug-likeness (QED) is 0.325. The zero-order valence-corrected chi connectivity index (χ0v) is 27.6. The molecule has 1 spiro atoms. The molecule has 2 saturated carbocycles. The van der Waals surface area contributed by atoms with Gasteiger partial charge in [0.15, 0.2) is 5.60 Å². The Kier molecular flexibility index (Phi) is 9.33. The molecule has 0 aromatic heterocycles. The summed E-state index contributed by atoms with van der Waals surface area (Å²) in [5.74, 6) is -2.48. The predicted octanol–water partition coefficient (Wildman–Crippen LogP) is 3.86. The molecule has 11 nitrogen and oxygen atoms in total. The fourth-order valence-corrected chi connectivity index (χ4v) is 6.45. The van der Waals surface area contributed by atoms with Gasteiger partial charge in [0.05, 0.1) is 24.4 Å². The van der Waals surface area contributed by atoms with Gasteiger partial charge >= 0.3 is 0 Å². The third-order valence-corrected chi connectivity index (χ3v) is 9.66. The highest BCUT2D eigenvalue weighted by atomic mass is 35.5. The zero-order chi connectivity index (χ0) is 33.4. The van der Waals surface area contributed by atoms with Gasteiger partial charge in [-0.1, -0.05) is 63.0 Å². The van der Waals surface area contributed by atoms with E-state index in [1.165, 1.54) is 4.90 Å². The van der Waals surface area contributed by atoms with Crippen molar-refractivity contribution in [2.24, 2.45) is 21.9 Å². The largest absolute Gasteiger partial charge is 0.387 e. The van der Waals surface area contributed by atoms with Crippen LogP contribution in [0.3, 0.4) is 0 Å². The van der Waals surface area contributed by atoms with Crippen LogP contribution < -0.4 is 10.6 Å². The first-order valence-corrected chi connectivity index (χ1v) is 16.5. The molecule has 0 radical (unpaired) electrons. The lowest BCUT2D eigenvalue weighted by molar-refractivity contribution is -0.145. The van der Waals surface area contributed by atoms with Crippen molar-refractivity contribution in [1.82, 2.24) is 15.5 Å². The number of halogens is 1. The second-order valence-corrected chi connectivity index (χ2v) is 14.9. The summed E-state index contributed by atoms with van der Waals surface area (Å²) in [6, 6.07) is 6.09. The van der Waals surface area contributed by atoms with E-state index in [2.05, 4.69) is 21.9 Å². The summed E-state index contributed by atoms with van der Waals surface area (Å²) in [7, 11) is 0. The molecule has 2 N–H and O–H groups in total. The van der Waals surface area contributed by atoms with Crippen LogP contribution in [0.15, 0.2) is 29.4 Å². The Hall–Kier alpha value is -3.78. The second kappa shape index (κ2) is 12.8.